The predicted octanol–water partition coefficient (Wildman–Crippen LogP) is 6.07. The number of nitrogens with one attached hydrogen (secondary N) is 1. The molecule has 0 spiro atoms. The monoisotopic (exact) mass is 424 g/mol. The lowest BCUT2D eigenvalue weighted by atomic mass is 9.93. The molecule has 1 N–H and O–H groups in total. The molecule has 172 valence electrons. The fourth-order valence-electron chi connectivity index (χ4n) is 5.08. The van der Waals surface area contributed by atoms with E-state index in [1.165, 1.54) is 69.2 Å². The molecular weight excluding hydrogens is 380 g/mol. The van der Waals surface area contributed by atoms with Gasteiger partial charge in [-0.3, -0.25) is 9.98 Å². The van der Waals surface area contributed by atoms with Crippen molar-refractivity contribution in [2.24, 2.45) is 15.9 Å². The van der Waals surface area contributed by atoms with Crippen molar-refractivity contribution in [2.75, 3.05) is 26.2 Å². The van der Waals surface area contributed by atoms with E-state index < -0.39 is 0 Å². The van der Waals surface area contributed by atoms with Crippen molar-refractivity contribution >= 4 is 11.7 Å². The number of amidine groups is 2. The SMILES string of the molecule is C/C=C\C(C)=C/CC1C=C2CCC(=NCCC(CCC)N3CCCCCC3)NC2=NC1. The second-order valence-electron chi connectivity index (χ2n) is 9.46. The van der Waals surface area contributed by atoms with Crippen LogP contribution in [0.3, 0.4) is 0 Å². The highest BCUT2D eigenvalue weighted by molar-refractivity contribution is 6.12. The van der Waals surface area contributed by atoms with Crippen LogP contribution in [0.1, 0.15) is 85.0 Å². The van der Waals surface area contributed by atoms with Crippen LogP contribution in [-0.2, 0) is 0 Å². The normalized spacial score (nSPS) is 25.6. The number of fused-ring (bicyclic) bond motifs is 1. The molecule has 0 aromatic heterocycles. The molecule has 0 aliphatic carbocycles. The Labute approximate surface area is 190 Å². The van der Waals surface area contributed by atoms with Crippen LogP contribution >= 0.6 is 0 Å². The molecule has 0 radical (unpaired) electrons. The average Bonchev–Trinajstić information content (AvgIpc) is 3.07. The molecule has 2 saturated heterocycles. The first-order valence-corrected chi connectivity index (χ1v) is 12.8. The third-order valence-electron chi connectivity index (χ3n) is 6.83. The van der Waals surface area contributed by atoms with Gasteiger partial charge in [0.2, 0.25) is 0 Å². The summed E-state index contributed by atoms with van der Waals surface area (Å²) in [5.41, 5.74) is 2.73. The zero-order valence-electron chi connectivity index (χ0n) is 20.2. The molecule has 4 nitrogen and oxygen atoms in total. The lowest BCUT2D eigenvalue weighted by Gasteiger charge is -2.30. The molecule has 0 aromatic carbocycles. The van der Waals surface area contributed by atoms with Crippen LogP contribution in [0, 0.1) is 5.92 Å². The van der Waals surface area contributed by atoms with Crippen molar-refractivity contribution in [2.45, 2.75) is 91.0 Å². The van der Waals surface area contributed by atoms with E-state index in [2.05, 4.69) is 55.3 Å². The smallest absolute Gasteiger partial charge is 0.129 e. The minimum atomic E-state index is 0.530. The highest BCUT2D eigenvalue weighted by Gasteiger charge is 2.23. The van der Waals surface area contributed by atoms with Gasteiger partial charge in [0.15, 0.2) is 0 Å². The van der Waals surface area contributed by atoms with E-state index in [9.17, 15) is 0 Å². The summed E-state index contributed by atoms with van der Waals surface area (Å²) in [6.07, 6.45) is 21.6. The number of allylic oxidation sites excluding steroid dienone is 4. The van der Waals surface area contributed by atoms with Crippen molar-refractivity contribution in [3.05, 3.63) is 35.5 Å². The minimum absolute atomic E-state index is 0.530. The van der Waals surface area contributed by atoms with E-state index in [1.54, 1.807) is 0 Å². The van der Waals surface area contributed by atoms with E-state index in [0.29, 0.717) is 12.0 Å². The second-order valence-corrected chi connectivity index (χ2v) is 9.46. The number of likely N-dealkylation sites (tertiary alicyclic amines) is 1. The van der Waals surface area contributed by atoms with Crippen molar-refractivity contribution in [1.82, 2.24) is 10.2 Å². The number of nitrogens with zero attached hydrogens (tertiary/aromatic N) is 3. The number of piperidine rings is 1. The predicted molar refractivity (Wildman–Crippen MR) is 135 cm³/mol. The Balaban J connectivity index is 1.49. The molecule has 2 unspecified atom stereocenters. The van der Waals surface area contributed by atoms with Crippen LogP contribution < -0.4 is 5.32 Å². The summed E-state index contributed by atoms with van der Waals surface area (Å²) >= 11 is 0. The molecule has 31 heavy (non-hydrogen) atoms. The first-order valence-electron chi connectivity index (χ1n) is 12.8. The Morgan fingerprint density at radius 3 is 2.77 bits per heavy atom. The van der Waals surface area contributed by atoms with Gasteiger partial charge in [-0.2, -0.15) is 0 Å². The highest BCUT2D eigenvalue weighted by Crippen LogP contribution is 2.23. The van der Waals surface area contributed by atoms with Gasteiger partial charge in [-0.1, -0.05) is 56.1 Å². The van der Waals surface area contributed by atoms with Crippen LogP contribution in [0.5, 0.6) is 0 Å². The Hall–Kier alpha value is -1.68. The summed E-state index contributed by atoms with van der Waals surface area (Å²) in [6, 6.07) is 0.707. The van der Waals surface area contributed by atoms with Gasteiger partial charge in [0.05, 0.1) is 0 Å². The van der Waals surface area contributed by atoms with Gasteiger partial charge in [0, 0.05) is 31.5 Å². The van der Waals surface area contributed by atoms with Gasteiger partial charge in [-0.15, -0.1) is 0 Å². The third-order valence-corrected chi connectivity index (χ3v) is 6.83. The van der Waals surface area contributed by atoms with Crippen LogP contribution in [-0.4, -0.2) is 48.8 Å². The average molecular weight is 425 g/mol. The molecule has 3 rings (SSSR count). The molecule has 3 heterocycles. The number of aliphatic imine (C=N–C) groups is 2. The summed E-state index contributed by atoms with van der Waals surface area (Å²) in [4.78, 5) is 12.6. The number of dihydropyridines is 1. The zero-order chi connectivity index (χ0) is 21.9. The van der Waals surface area contributed by atoms with Crippen molar-refractivity contribution in [3.8, 4) is 0 Å². The minimum Gasteiger partial charge on any atom is -0.329 e. The standard InChI is InChI=1S/C27H44N4/c1-4-10-22(3)12-13-23-20-24-14-15-26(30-27(24)29-21-23)28-17-16-25(11-5-2)31-18-8-6-7-9-19-31/h4,10,12,20,23,25H,5-9,11,13-19,21H2,1-3H3,(H,28,29,30)/b10-4-,22-12-. The zero-order valence-corrected chi connectivity index (χ0v) is 20.2. The Kier molecular flexibility index (Phi) is 10.1. The molecule has 0 saturated carbocycles. The topological polar surface area (TPSA) is 40.0 Å². The summed E-state index contributed by atoms with van der Waals surface area (Å²) in [5, 5.41) is 3.55. The van der Waals surface area contributed by atoms with E-state index in [-0.39, 0.29) is 0 Å². The van der Waals surface area contributed by atoms with Crippen LogP contribution in [0.4, 0.5) is 0 Å². The molecule has 2 atom stereocenters. The molecule has 3 aliphatic rings. The summed E-state index contributed by atoms with van der Waals surface area (Å²) < 4.78 is 0. The van der Waals surface area contributed by atoms with E-state index in [1.807, 2.05) is 0 Å². The molecule has 0 aromatic rings. The molecule has 4 heteroatoms. The lowest BCUT2D eigenvalue weighted by molar-refractivity contribution is 0.185. The van der Waals surface area contributed by atoms with E-state index in [0.717, 1.165) is 44.0 Å². The first kappa shape index (κ1) is 24.0. The van der Waals surface area contributed by atoms with Crippen molar-refractivity contribution in [3.63, 3.8) is 0 Å². The van der Waals surface area contributed by atoms with E-state index >= 15 is 0 Å². The van der Waals surface area contributed by atoms with Gasteiger partial charge in [-0.05, 0) is 71.0 Å². The molecular formula is C27H44N4. The fraction of sp³-hybridized carbons (Fsp3) is 0.704. The molecule has 0 bridgehead atoms. The quantitative estimate of drug-likeness (QED) is 0.456. The lowest BCUT2D eigenvalue weighted by Crippen LogP contribution is -2.39. The maximum absolute atomic E-state index is 4.97. The Morgan fingerprint density at radius 1 is 1.23 bits per heavy atom. The van der Waals surface area contributed by atoms with Crippen molar-refractivity contribution in [1.29, 1.82) is 0 Å². The Bertz CT molecular complexity index is 705. The summed E-state index contributed by atoms with van der Waals surface area (Å²) in [7, 11) is 0. The maximum atomic E-state index is 4.97. The number of hydrogen-bond donors (Lipinski definition) is 1. The Morgan fingerprint density at radius 2 is 2.03 bits per heavy atom. The summed E-state index contributed by atoms with van der Waals surface area (Å²) in [5.74, 6) is 2.75. The largest absolute Gasteiger partial charge is 0.329 e. The third kappa shape index (κ3) is 7.75. The molecule has 2 fully saturated rings. The molecule has 3 aliphatic heterocycles. The van der Waals surface area contributed by atoms with Gasteiger partial charge in [0.25, 0.3) is 0 Å². The van der Waals surface area contributed by atoms with Gasteiger partial charge in [0.1, 0.15) is 11.7 Å². The van der Waals surface area contributed by atoms with Crippen LogP contribution in [0.25, 0.3) is 0 Å². The van der Waals surface area contributed by atoms with E-state index in [4.69, 9.17) is 9.98 Å². The van der Waals surface area contributed by atoms with Crippen molar-refractivity contribution < 1.29 is 0 Å². The maximum Gasteiger partial charge on any atom is 0.129 e. The van der Waals surface area contributed by atoms with Crippen LogP contribution in [0.2, 0.25) is 0 Å². The van der Waals surface area contributed by atoms with Gasteiger partial charge < -0.3 is 10.2 Å². The summed E-state index contributed by atoms with van der Waals surface area (Å²) in [6.45, 7) is 11.0. The first-order chi connectivity index (χ1) is 15.2. The second kappa shape index (κ2) is 13.0. The number of rotatable bonds is 9. The van der Waals surface area contributed by atoms with Crippen LogP contribution in [0.15, 0.2) is 45.4 Å². The van der Waals surface area contributed by atoms with Gasteiger partial charge in [-0.25, -0.2) is 0 Å². The molecule has 0 amide bonds. The van der Waals surface area contributed by atoms with Gasteiger partial charge >= 0.3 is 0 Å². The number of hydrogen-bond acceptors (Lipinski definition) is 3. The fourth-order valence-corrected chi connectivity index (χ4v) is 5.08. The highest BCUT2D eigenvalue weighted by atomic mass is 15.2.